The first-order valence-corrected chi connectivity index (χ1v) is 7.20. The van der Waals surface area contributed by atoms with Crippen molar-refractivity contribution in [2.24, 2.45) is 5.10 Å². The van der Waals surface area contributed by atoms with Gasteiger partial charge in [0.25, 0.3) is 5.91 Å². The van der Waals surface area contributed by atoms with Crippen molar-refractivity contribution in [1.29, 1.82) is 0 Å². The quantitative estimate of drug-likeness (QED) is 0.482. The van der Waals surface area contributed by atoms with E-state index < -0.39 is 5.91 Å². The molecule has 0 atom stereocenters. The van der Waals surface area contributed by atoms with Crippen molar-refractivity contribution >= 4 is 39.7 Å². The molecule has 8 heteroatoms. The number of aromatic nitrogens is 1. The fraction of sp³-hybridized carbons (Fsp3) is 0.0714. The summed E-state index contributed by atoms with van der Waals surface area (Å²) < 4.78 is 5.61. The number of phenolic OH excluding ortho intramolecular Hbond substituents is 1. The van der Waals surface area contributed by atoms with Crippen molar-refractivity contribution in [1.82, 2.24) is 10.4 Å². The SMILES string of the molecule is COc1cc(/C=N/NC(=O)c2cccnc2Cl)c(Br)cc1O. The monoisotopic (exact) mass is 383 g/mol. The van der Waals surface area contributed by atoms with Crippen LogP contribution in [0.15, 0.2) is 40.0 Å². The zero-order valence-corrected chi connectivity index (χ0v) is 13.7. The van der Waals surface area contributed by atoms with Crippen molar-refractivity contribution in [2.45, 2.75) is 0 Å². The fourth-order valence-corrected chi connectivity index (χ4v) is 2.24. The van der Waals surface area contributed by atoms with Crippen LogP contribution in [-0.4, -0.2) is 29.3 Å². The van der Waals surface area contributed by atoms with Crippen molar-refractivity contribution in [3.63, 3.8) is 0 Å². The average molecular weight is 385 g/mol. The van der Waals surface area contributed by atoms with Crippen LogP contribution < -0.4 is 10.2 Å². The number of benzene rings is 1. The maximum absolute atomic E-state index is 11.9. The number of hydrazone groups is 1. The van der Waals surface area contributed by atoms with E-state index >= 15 is 0 Å². The molecule has 114 valence electrons. The Bertz CT molecular complexity index is 737. The molecule has 0 bridgehead atoms. The summed E-state index contributed by atoms with van der Waals surface area (Å²) in [5, 5.41) is 13.6. The minimum atomic E-state index is -0.476. The zero-order valence-electron chi connectivity index (χ0n) is 11.4. The molecule has 0 radical (unpaired) electrons. The second-order valence-corrected chi connectivity index (χ2v) is 5.30. The molecule has 0 saturated heterocycles. The van der Waals surface area contributed by atoms with Gasteiger partial charge in [0.2, 0.25) is 0 Å². The molecule has 2 rings (SSSR count). The van der Waals surface area contributed by atoms with E-state index in [-0.39, 0.29) is 16.5 Å². The van der Waals surface area contributed by atoms with E-state index in [1.807, 2.05) is 0 Å². The summed E-state index contributed by atoms with van der Waals surface area (Å²) in [7, 11) is 1.44. The summed E-state index contributed by atoms with van der Waals surface area (Å²) in [4.78, 5) is 15.7. The van der Waals surface area contributed by atoms with Crippen LogP contribution in [0.3, 0.4) is 0 Å². The standard InChI is InChI=1S/C14H11BrClN3O3/c1-22-12-5-8(10(15)6-11(12)20)7-18-19-14(21)9-3-2-4-17-13(9)16/h2-7,20H,1H3,(H,19,21)/b18-7+. The van der Waals surface area contributed by atoms with Gasteiger partial charge in [-0.15, -0.1) is 0 Å². The fourth-order valence-electron chi connectivity index (χ4n) is 1.60. The highest BCUT2D eigenvalue weighted by Crippen LogP contribution is 2.31. The van der Waals surface area contributed by atoms with Gasteiger partial charge < -0.3 is 9.84 Å². The Morgan fingerprint density at radius 2 is 2.32 bits per heavy atom. The minimum Gasteiger partial charge on any atom is -0.504 e. The van der Waals surface area contributed by atoms with Gasteiger partial charge in [0.15, 0.2) is 11.5 Å². The number of halogens is 2. The smallest absolute Gasteiger partial charge is 0.274 e. The van der Waals surface area contributed by atoms with Gasteiger partial charge in [-0.3, -0.25) is 4.79 Å². The lowest BCUT2D eigenvalue weighted by atomic mass is 10.2. The summed E-state index contributed by atoms with van der Waals surface area (Å²) in [6.45, 7) is 0. The Morgan fingerprint density at radius 3 is 3.00 bits per heavy atom. The van der Waals surface area contributed by atoms with E-state index in [0.717, 1.165) is 0 Å². The Labute approximate surface area is 139 Å². The lowest BCUT2D eigenvalue weighted by Crippen LogP contribution is -2.18. The predicted octanol–water partition coefficient (Wildman–Crippen LogP) is 2.98. The molecule has 0 aliphatic rings. The number of rotatable bonds is 4. The minimum absolute atomic E-state index is 0.00213. The van der Waals surface area contributed by atoms with Crippen LogP contribution >= 0.6 is 27.5 Å². The molecule has 0 saturated carbocycles. The summed E-state index contributed by atoms with van der Waals surface area (Å²) in [5.41, 5.74) is 3.19. The van der Waals surface area contributed by atoms with Gasteiger partial charge in [-0.1, -0.05) is 11.6 Å². The first-order chi connectivity index (χ1) is 10.5. The first-order valence-electron chi connectivity index (χ1n) is 6.03. The molecular weight excluding hydrogens is 374 g/mol. The van der Waals surface area contributed by atoms with Crippen molar-refractivity contribution in [3.8, 4) is 11.5 Å². The van der Waals surface area contributed by atoms with Gasteiger partial charge in [0, 0.05) is 16.2 Å². The van der Waals surface area contributed by atoms with Gasteiger partial charge in [-0.25, -0.2) is 10.4 Å². The van der Waals surface area contributed by atoms with E-state index in [0.29, 0.717) is 15.8 Å². The molecule has 22 heavy (non-hydrogen) atoms. The van der Waals surface area contributed by atoms with Gasteiger partial charge in [-0.05, 0) is 40.2 Å². The highest BCUT2D eigenvalue weighted by molar-refractivity contribution is 9.10. The second-order valence-electron chi connectivity index (χ2n) is 4.09. The van der Waals surface area contributed by atoms with Gasteiger partial charge >= 0.3 is 0 Å². The van der Waals surface area contributed by atoms with Crippen LogP contribution in [0, 0.1) is 0 Å². The molecule has 0 aliphatic heterocycles. The number of pyridine rings is 1. The number of aromatic hydroxyl groups is 1. The van der Waals surface area contributed by atoms with Gasteiger partial charge in [0.1, 0.15) is 5.15 Å². The van der Waals surface area contributed by atoms with Gasteiger partial charge in [-0.2, -0.15) is 5.10 Å². The largest absolute Gasteiger partial charge is 0.504 e. The summed E-state index contributed by atoms with van der Waals surface area (Å²) in [5.74, 6) is -0.180. The van der Waals surface area contributed by atoms with Crippen molar-refractivity contribution < 1.29 is 14.6 Å². The Morgan fingerprint density at radius 1 is 1.55 bits per heavy atom. The number of phenols is 1. The Balaban J connectivity index is 2.13. The summed E-state index contributed by atoms with van der Waals surface area (Å²) in [6, 6.07) is 6.19. The average Bonchev–Trinajstić information content (AvgIpc) is 2.49. The molecule has 2 N–H and O–H groups in total. The lowest BCUT2D eigenvalue weighted by molar-refractivity contribution is 0.0955. The number of carbonyl (C=O) groups excluding carboxylic acids is 1. The van der Waals surface area contributed by atoms with Crippen LogP contribution in [0.4, 0.5) is 0 Å². The molecule has 1 amide bonds. The van der Waals surface area contributed by atoms with E-state index in [2.05, 4.69) is 31.4 Å². The number of amides is 1. The third kappa shape index (κ3) is 3.75. The van der Waals surface area contributed by atoms with Crippen LogP contribution in [0.25, 0.3) is 0 Å². The maximum Gasteiger partial charge on any atom is 0.274 e. The maximum atomic E-state index is 11.9. The number of hydrogen-bond acceptors (Lipinski definition) is 5. The summed E-state index contributed by atoms with van der Waals surface area (Å²) in [6.07, 6.45) is 2.90. The Hall–Kier alpha value is -2.12. The van der Waals surface area contributed by atoms with E-state index in [4.69, 9.17) is 16.3 Å². The van der Waals surface area contributed by atoms with Crippen LogP contribution in [0.2, 0.25) is 5.15 Å². The van der Waals surface area contributed by atoms with E-state index in [1.54, 1.807) is 18.2 Å². The molecule has 1 heterocycles. The highest BCUT2D eigenvalue weighted by Gasteiger charge is 2.10. The normalized spacial score (nSPS) is 10.7. The van der Waals surface area contributed by atoms with Crippen LogP contribution in [0.1, 0.15) is 15.9 Å². The molecule has 2 aromatic rings. The number of ether oxygens (including phenoxy) is 1. The third-order valence-corrected chi connectivity index (χ3v) is 3.66. The Kier molecular flexibility index (Phi) is 5.35. The number of nitrogens with one attached hydrogen (secondary N) is 1. The highest BCUT2D eigenvalue weighted by atomic mass is 79.9. The number of carbonyl (C=O) groups is 1. The van der Waals surface area contributed by atoms with Gasteiger partial charge in [0.05, 0.1) is 18.9 Å². The molecule has 0 fully saturated rings. The van der Waals surface area contributed by atoms with Crippen molar-refractivity contribution in [3.05, 3.63) is 51.2 Å². The second kappa shape index (κ2) is 7.24. The van der Waals surface area contributed by atoms with E-state index in [9.17, 15) is 9.90 Å². The predicted molar refractivity (Wildman–Crippen MR) is 86.7 cm³/mol. The summed E-state index contributed by atoms with van der Waals surface area (Å²) >= 11 is 9.11. The third-order valence-electron chi connectivity index (χ3n) is 2.67. The number of nitrogens with zero attached hydrogens (tertiary/aromatic N) is 2. The molecule has 0 spiro atoms. The lowest BCUT2D eigenvalue weighted by Gasteiger charge is -2.06. The molecular formula is C14H11BrClN3O3. The molecule has 0 aliphatic carbocycles. The molecule has 6 nitrogen and oxygen atoms in total. The van der Waals surface area contributed by atoms with Crippen LogP contribution in [-0.2, 0) is 0 Å². The van der Waals surface area contributed by atoms with E-state index in [1.165, 1.54) is 25.6 Å². The number of hydrogen-bond donors (Lipinski definition) is 2. The first kappa shape index (κ1) is 16.3. The zero-order chi connectivity index (χ0) is 16.1. The molecule has 0 unspecified atom stereocenters. The van der Waals surface area contributed by atoms with Crippen LogP contribution in [0.5, 0.6) is 11.5 Å². The molecule has 1 aromatic carbocycles. The topological polar surface area (TPSA) is 83.8 Å². The number of methoxy groups -OCH3 is 1. The van der Waals surface area contributed by atoms with Crippen molar-refractivity contribution in [2.75, 3.05) is 7.11 Å². The molecule has 1 aromatic heterocycles.